The van der Waals surface area contributed by atoms with Gasteiger partial charge in [-0.05, 0) is 30.9 Å². The van der Waals surface area contributed by atoms with Crippen LogP contribution in [0.4, 0.5) is 0 Å². The van der Waals surface area contributed by atoms with Crippen LogP contribution in [0.25, 0.3) is 10.9 Å². The number of para-hydroxylation sites is 1. The number of carbonyl (C=O) groups is 5. The number of carboxylic acid groups (broad SMARTS) is 1. The van der Waals surface area contributed by atoms with Crippen molar-refractivity contribution in [2.75, 3.05) is 0 Å². The van der Waals surface area contributed by atoms with Gasteiger partial charge in [-0.25, -0.2) is 4.79 Å². The van der Waals surface area contributed by atoms with Crippen molar-refractivity contribution in [1.82, 2.24) is 20.9 Å². The maximum absolute atomic E-state index is 13.2. The number of carbonyl (C=O) groups excluding carboxylic acids is 4. The molecule has 6 atom stereocenters. The molecule has 4 amide bonds. The van der Waals surface area contributed by atoms with Crippen molar-refractivity contribution in [1.29, 1.82) is 0 Å². The number of rotatable bonds is 15. The maximum Gasteiger partial charge on any atom is 0.326 e. The minimum absolute atomic E-state index is 0.0122. The van der Waals surface area contributed by atoms with Crippen LogP contribution in [0.3, 0.4) is 0 Å². The van der Waals surface area contributed by atoms with Gasteiger partial charge in [-0.3, -0.25) is 19.2 Å². The van der Waals surface area contributed by atoms with Crippen LogP contribution in [0.1, 0.15) is 45.6 Å². The molecule has 1 heterocycles. The first kappa shape index (κ1) is 31.2. The van der Waals surface area contributed by atoms with Crippen LogP contribution in [-0.2, 0) is 30.4 Å². The Labute approximate surface area is 226 Å². The van der Waals surface area contributed by atoms with E-state index >= 15 is 0 Å². The van der Waals surface area contributed by atoms with Gasteiger partial charge in [0.15, 0.2) is 0 Å². The monoisotopic (exact) mass is 546 g/mol. The lowest BCUT2D eigenvalue weighted by Crippen LogP contribution is -2.61. The molecule has 13 heteroatoms. The lowest BCUT2D eigenvalue weighted by Gasteiger charge is -2.29. The number of H-pyrrole nitrogens is 1. The van der Waals surface area contributed by atoms with Gasteiger partial charge in [0.05, 0.1) is 12.1 Å². The molecule has 0 saturated heterocycles. The molecule has 1 aromatic heterocycles. The smallest absolute Gasteiger partial charge is 0.326 e. The Kier molecular flexibility index (Phi) is 11.4. The number of aromatic nitrogens is 1. The zero-order valence-electron chi connectivity index (χ0n) is 22.3. The number of carboxylic acids is 1. The zero-order valence-corrected chi connectivity index (χ0v) is 22.3. The summed E-state index contributed by atoms with van der Waals surface area (Å²) in [5, 5.41) is 28.2. The Morgan fingerprint density at radius 2 is 1.59 bits per heavy atom. The number of aliphatic hydroxyl groups excluding tert-OH is 1. The first-order valence-corrected chi connectivity index (χ1v) is 12.8. The van der Waals surface area contributed by atoms with Gasteiger partial charge < -0.3 is 42.6 Å². The molecule has 1 aromatic carbocycles. The van der Waals surface area contributed by atoms with E-state index in [-0.39, 0.29) is 25.2 Å². The molecule has 2 rings (SSSR count). The highest BCUT2D eigenvalue weighted by Gasteiger charge is 2.34. The predicted molar refractivity (Wildman–Crippen MR) is 143 cm³/mol. The number of nitrogens with two attached hydrogens (primary N) is 2. The average molecular weight is 547 g/mol. The Hall–Kier alpha value is -3.97. The molecule has 2 aromatic rings. The number of amides is 4. The van der Waals surface area contributed by atoms with Gasteiger partial charge in [0, 0.05) is 29.9 Å². The molecule has 10 N–H and O–H groups in total. The van der Waals surface area contributed by atoms with E-state index in [1.165, 1.54) is 6.92 Å². The number of hydrogen-bond donors (Lipinski definition) is 8. The number of aromatic amines is 1. The molecule has 6 unspecified atom stereocenters. The second kappa shape index (κ2) is 14.3. The minimum atomic E-state index is -1.51. The third-order valence-electron chi connectivity index (χ3n) is 6.61. The van der Waals surface area contributed by atoms with Crippen LogP contribution in [0, 0.1) is 5.92 Å². The van der Waals surface area contributed by atoms with E-state index in [4.69, 9.17) is 11.5 Å². The number of aliphatic hydroxyl groups is 1. The standard InChI is InChI=1S/C26H38N6O7/c1-4-13(2)21(31-23(35)17(27)9-10-20(28)34)24(36)32-22(14(3)33)25(37)30-19(26(38)39)11-15-12-29-18-8-6-5-7-16(15)18/h5-8,12-14,17,19,21-22,29,33H,4,9-11,27H2,1-3H3,(H2,28,34)(H,30,37)(H,31,35)(H,32,36)(H,38,39). The highest BCUT2D eigenvalue weighted by Crippen LogP contribution is 2.19. The molecule has 0 bridgehead atoms. The molecule has 0 aliphatic carbocycles. The van der Waals surface area contributed by atoms with Crippen molar-refractivity contribution in [3.8, 4) is 0 Å². The van der Waals surface area contributed by atoms with Gasteiger partial charge in [0.25, 0.3) is 0 Å². The molecular weight excluding hydrogens is 508 g/mol. The van der Waals surface area contributed by atoms with Crippen molar-refractivity contribution >= 4 is 40.5 Å². The predicted octanol–water partition coefficient (Wildman–Crippen LogP) is -0.731. The van der Waals surface area contributed by atoms with Crippen LogP contribution >= 0.6 is 0 Å². The molecule has 0 saturated carbocycles. The number of hydrogen-bond acceptors (Lipinski definition) is 7. The fraction of sp³-hybridized carbons (Fsp3) is 0.500. The summed E-state index contributed by atoms with van der Waals surface area (Å²) in [5.41, 5.74) is 12.4. The third-order valence-corrected chi connectivity index (χ3v) is 6.61. The molecule has 13 nitrogen and oxygen atoms in total. The van der Waals surface area contributed by atoms with Gasteiger partial charge in [0.2, 0.25) is 23.6 Å². The van der Waals surface area contributed by atoms with Gasteiger partial charge in [-0.2, -0.15) is 0 Å². The largest absolute Gasteiger partial charge is 0.480 e. The number of aliphatic carboxylic acids is 1. The Morgan fingerprint density at radius 3 is 2.18 bits per heavy atom. The SMILES string of the molecule is CCC(C)C(NC(=O)C(N)CCC(N)=O)C(=O)NC(C(=O)NC(Cc1c[nH]c2ccccc12)C(=O)O)C(C)O. The summed E-state index contributed by atoms with van der Waals surface area (Å²) < 4.78 is 0. The Balaban J connectivity index is 2.15. The van der Waals surface area contributed by atoms with Gasteiger partial charge in [0.1, 0.15) is 18.1 Å². The van der Waals surface area contributed by atoms with Crippen LogP contribution in [0.5, 0.6) is 0 Å². The van der Waals surface area contributed by atoms with E-state index in [1.54, 1.807) is 20.0 Å². The molecule has 214 valence electrons. The van der Waals surface area contributed by atoms with E-state index in [1.807, 2.05) is 24.3 Å². The minimum Gasteiger partial charge on any atom is -0.480 e. The molecule has 0 aliphatic heterocycles. The fourth-order valence-corrected chi connectivity index (χ4v) is 4.02. The lowest BCUT2D eigenvalue weighted by atomic mass is 9.96. The summed E-state index contributed by atoms with van der Waals surface area (Å²) in [6.45, 7) is 4.78. The number of nitrogens with one attached hydrogen (secondary N) is 4. The molecule has 0 aliphatic rings. The van der Waals surface area contributed by atoms with E-state index in [9.17, 15) is 34.2 Å². The maximum atomic E-state index is 13.2. The van der Waals surface area contributed by atoms with Crippen molar-refractivity contribution in [2.24, 2.45) is 17.4 Å². The first-order chi connectivity index (χ1) is 18.3. The van der Waals surface area contributed by atoms with Gasteiger partial charge in [-0.15, -0.1) is 0 Å². The summed E-state index contributed by atoms with van der Waals surface area (Å²) in [6.07, 6.45) is 0.590. The first-order valence-electron chi connectivity index (χ1n) is 12.8. The zero-order chi connectivity index (χ0) is 29.3. The van der Waals surface area contributed by atoms with E-state index < -0.39 is 59.9 Å². The van der Waals surface area contributed by atoms with E-state index in [0.717, 1.165) is 10.9 Å². The normalized spacial score (nSPS) is 15.8. The van der Waals surface area contributed by atoms with Crippen molar-refractivity contribution in [2.45, 2.75) is 76.7 Å². The fourth-order valence-electron chi connectivity index (χ4n) is 4.02. The van der Waals surface area contributed by atoms with Crippen LogP contribution in [0.15, 0.2) is 30.5 Å². The molecule has 39 heavy (non-hydrogen) atoms. The van der Waals surface area contributed by atoms with Crippen LogP contribution in [0.2, 0.25) is 0 Å². The number of benzene rings is 1. The Morgan fingerprint density at radius 1 is 0.974 bits per heavy atom. The van der Waals surface area contributed by atoms with Crippen LogP contribution in [-0.4, -0.2) is 75.1 Å². The molecule has 0 spiro atoms. The van der Waals surface area contributed by atoms with Crippen LogP contribution < -0.4 is 27.4 Å². The molecular formula is C26H38N6O7. The molecule has 0 radical (unpaired) electrons. The van der Waals surface area contributed by atoms with E-state index in [0.29, 0.717) is 12.0 Å². The lowest BCUT2D eigenvalue weighted by molar-refractivity contribution is -0.143. The van der Waals surface area contributed by atoms with Crippen molar-refractivity contribution < 1.29 is 34.2 Å². The second-order valence-corrected chi connectivity index (χ2v) is 9.67. The summed E-state index contributed by atoms with van der Waals surface area (Å²) in [4.78, 5) is 64.8. The average Bonchev–Trinajstić information content (AvgIpc) is 3.30. The topological polar surface area (TPSA) is 230 Å². The van der Waals surface area contributed by atoms with E-state index in [2.05, 4.69) is 20.9 Å². The van der Waals surface area contributed by atoms with Gasteiger partial charge in [-0.1, -0.05) is 38.5 Å². The Bertz CT molecular complexity index is 1180. The summed E-state index contributed by atoms with van der Waals surface area (Å²) in [7, 11) is 0. The molecule has 0 fully saturated rings. The quantitative estimate of drug-likeness (QED) is 0.142. The number of fused-ring (bicyclic) bond motifs is 1. The van der Waals surface area contributed by atoms with Crippen molar-refractivity contribution in [3.63, 3.8) is 0 Å². The summed E-state index contributed by atoms with van der Waals surface area (Å²) in [5.74, 6) is -4.64. The summed E-state index contributed by atoms with van der Waals surface area (Å²) in [6, 6.07) is 2.25. The summed E-state index contributed by atoms with van der Waals surface area (Å²) >= 11 is 0. The second-order valence-electron chi connectivity index (χ2n) is 9.67. The highest BCUT2D eigenvalue weighted by molar-refractivity contribution is 5.95. The number of primary amides is 1. The third kappa shape index (κ3) is 8.79. The van der Waals surface area contributed by atoms with Gasteiger partial charge >= 0.3 is 5.97 Å². The van der Waals surface area contributed by atoms with Crippen molar-refractivity contribution in [3.05, 3.63) is 36.0 Å². The highest BCUT2D eigenvalue weighted by atomic mass is 16.4.